The van der Waals surface area contributed by atoms with Gasteiger partial charge in [-0.25, -0.2) is 0 Å². The number of nitrogens with zero attached hydrogens (tertiary/aromatic N) is 2. The van der Waals surface area contributed by atoms with Crippen molar-refractivity contribution >= 4 is 11.3 Å². The lowest BCUT2D eigenvalue weighted by molar-refractivity contribution is 0.296. The molecule has 0 amide bonds. The van der Waals surface area contributed by atoms with Gasteiger partial charge in [-0.15, -0.1) is 11.3 Å². The standard InChI is InChI=1S/C20H23N3O3S/c1-13(2)19(14-6-7-15-16(11-14)25-9-4-8-24-15)21-12-18-22-20(23-26-18)17-5-3-10-27-17/h3,5-7,10-11,13,19,21H,4,8-9,12H2,1-2H3. The van der Waals surface area contributed by atoms with E-state index in [-0.39, 0.29) is 6.04 Å². The molecule has 0 spiro atoms. The highest BCUT2D eigenvalue weighted by atomic mass is 32.1. The van der Waals surface area contributed by atoms with E-state index in [4.69, 9.17) is 14.0 Å². The van der Waals surface area contributed by atoms with Gasteiger partial charge in [0.15, 0.2) is 11.5 Å². The highest BCUT2D eigenvalue weighted by Crippen LogP contribution is 2.34. The Morgan fingerprint density at radius 1 is 1.15 bits per heavy atom. The highest BCUT2D eigenvalue weighted by molar-refractivity contribution is 7.13. The topological polar surface area (TPSA) is 69.4 Å². The Morgan fingerprint density at radius 2 is 2.00 bits per heavy atom. The van der Waals surface area contributed by atoms with Gasteiger partial charge in [-0.3, -0.25) is 0 Å². The molecule has 0 fully saturated rings. The molecule has 3 heterocycles. The van der Waals surface area contributed by atoms with E-state index in [0.29, 0.717) is 37.4 Å². The summed E-state index contributed by atoms with van der Waals surface area (Å²) in [5.41, 5.74) is 1.16. The second kappa shape index (κ2) is 8.10. The molecule has 3 aromatic rings. The minimum absolute atomic E-state index is 0.138. The average molecular weight is 385 g/mol. The number of hydrogen-bond donors (Lipinski definition) is 1. The summed E-state index contributed by atoms with van der Waals surface area (Å²) in [6.45, 7) is 6.26. The fraction of sp³-hybridized carbons (Fsp3) is 0.400. The molecule has 1 aliphatic heterocycles. The predicted molar refractivity (Wildman–Crippen MR) is 104 cm³/mol. The van der Waals surface area contributed by atoms with E-state index in [1.807, 2.05) is 23.6 Å². The van der Waals surface area contributed by atoms with Gasteiger partial charge in [0.2, 0.25) is 11.7 Å². The van der Waals surface area contributed by atoms with Crippen molar-refractivity contribution in [3.63, 3.8) is 0 Å². The van der Waals surface area contributed by atoms with E-state index < -0.39 is 0 Å². The molecule has 0 bridgehead atoms. The van der Waals surface area contributed by atoms with Crippen molar-refractivity contribution in [3.8, 4) is 22.2 Å². The fourth-order valence-electron chi connectivity index (χ4n) is 3.14. The van der Waals surface area contributed by atoms with E-state index in [9.17, 15) is 0 Å². The third-order valence-electron chi connectivity index (χ3n) is 4.48. The van der Waals surface area contributed by atoms with Crippen molar-refractivity contribution in [2.75, 3.05) is 13.2 Å². The number of ether oxygens (including phenoxy) is 2. The minimum Gasteiger partial charge on any atom is -0.490 e. The Hall–Kier alpha value is -2.38. The minimum atomic E-state index is 0.138. The average Bonchev–Trinajstić information content (AvgIpc) is 3.29. The maximum atomic E-state index is 5.83. The first-order valence-electron chi connectivity index (χ1n) is 9.20. The molecule has 4 rings (SSSR count). The van der Waals surface area contributed by atoms with Crippen molar-refractivity contribution < 1.29 is 14.0 Å². The molecule has 6 nitrogen and oxygen atoms in total. The van der Waals surface area contributed by atoms with Crippen LogP contribution in [0.3, 0.4) is 0 Å². The zero-order valence-electron chi connectivity index (χ0n) is 15.5. The number of thiophene rings is 1. The summed E-state index contributed by atoms with van der Waals surface area (Å²) in [6.07, 6.45) is 0.902. The van der Waals surface area contributed by atoms with E-state index in [1.165, 1.54) is 0 Å². The maximum absolute atomic E-state index is 5.83. The molecule has 1 atom stereocenters. The number of fused-ring (bicyclic) bond motifs is 1. The summed E-state index contributed by atoms with van der Waals surface area (Å²) in [5.74, 6) is 3.23. The normalized spacial score (nSPS) is 14.9. The van der Waals surface area contributed by atoms with Crippen LogP contribution < -0.4 is 14.8 Å². The van der Waals surface area contributed by atoms with Crippen LogP contribution in [0.5, 0.6) is 11.5 Å². The molecule has 1 unspecified atom stereocenters. The SMILES string of the molecule is CC(C)C(NCc1nc(-c2cccs2)no1)c1ccc2c(c1)OCCCO2. The van der Waals surface area contributed by atoms with Gasteiger partial charge in [-0.05, 0) is 35.1 Å². The summed E-state index contributed by atoms with van der Waals surface area (Å²) >= 11 is 1.60. The van der Waals surface area contributed by atoms with Gasteiger partial charge in [-0.2, -0.15) is 4.98 Å². The first-order chi connectivity index (χ1) is 13.2. The van der Waals surface area contributed by atoms with E-state index >= 15 is 0 Å². The van der Waals surface area contributed by atoms with Crippen molar-refractivity contribution in [2.24, 2.45) is 5.92 Å². The van der Waals surface area contributed by atoms with Crippen molar-refractivity contribution in [1.29, 1.82) is 0 Å². The lowest BCUT2D eigenvalue weighted by atomic mass is 9.95. The molecule has 0 saturated carbocycles. The van der Waals surface area contributed by atoms with Gasteiger partial charge >= 0.3 is 0 Å². The van der Waals surface area contributed by atoms with Crippen LogP contribution in [0, 0.1) is 5.92 Å². The lowest BCUT2D eigenvalue weighted by Crippen LogP contribution is -2.25. The molecule has 0 radical (unpaired) electrons. The van der Waals surface area contributed by atoms with Gasteiger partial charge in [0.25, 0.3) is 0 Å². The van der Waals surface area contributed by atoms with E-state index in [2.05, 4.69) is 41.4 Å². The summed E-state index contributed by atoms with van der Waals surface area (Å²) in [7, 11) is 0. The predicted octanol–water partition coefficient (Wildman–Crippen LogP) is 4.45. The number of aromatic nitrogens is 2. The molecule has 1 aromatic carbocycles. The van der Waals surface area contributed by atoms with Crippen molar-refractivity contribution in [3.05, 3.63) is 47.2 Å². The van der Waals surface area contributed by atoms with Crippen LogP contribution in [0.1, 0.15) is 37.8 Å². The molecular weight excluding hydrogens is 362 g/mol. The molecule has 7 heteroatoms. The summed E-state index contributed by atoms with van der Waals surface area (Å²) < 4.78 is 17.0. The first-order valence-corrected chi connectivity index (χ1v) is 10.1. The molecule has 1 N–H and O–H groups in total. The van der Waals surface area contributed by atoms with E-state index in [0.717, 1.165) is 28.4 Å². The quantitative estimate of drug-likeness (QED) is 0.676. The summed E-state index contributed by atoms with van der Waals surface area (Å²) in [5, 5.41) is 9.62. The number of hydrogen-bond acceptors (Lipinski definition) is 7. The highest BCUT2D eigenvalue weighted by Gasteiger charge is 2.20. The summed E-state index contributed by atoms with van der Waals surface area (Å²) in [4.78, 5) is 5.49. The zero-order valence-corrected chi connectivity index (χ0v) is 16.3. The monoisotopic (exact) mass is 385 g/mol. The molecular formula is C20H23N3O3S. The number of nitrogens with one attached hydrogen (secondary N) is 1. The van der Waals surface area contributed by atoms with Crippen LogP contribution >= 0.6 is 11.3 Å². The number of benzene rings is 1. The van der Waals surface area contributed by atoms with Crippen molar-refractivity contribution in [2.45, 2.75) is 32.9 Å². The lowest BCUT2D eigenvalue weighted by Gasteiger charge is -2.23. The maximum Gasteiger partial charge on any atom is 0.240 e. The first kappa shape index (κ1) is 18.0. The van der Waals surface area contributed by atoms with Crippen LogP contribution in [0.2, 0.25) is 0 Å². The second-order valence-electron chi connectivity index (χ2n) is 6.85. The largest absolute Gasteiger partial charge is 0.490 e. The molecule has 0 aliphatic carbocycles. The van der Waals surface area contributed by atoms with Crippen LogP contribution in [-0.2, 0) is 6.54 Å². The molecule has 2 aromatic heterocycles. The Morgan fingerprint density at radius 3 is 2.78 bits per heavy atom. The van der Waals surface area contributed by atoms with Gasteiger partial charge in [0.05, 0.1) is 24.6 Å². The zero-order chi connectivity index (χ0) is 18.6. The molecule has 27 heavy (non-hydrogen) atoms. The molecule has 0 saturated heterocycles. The molecule has 142 valence electrons. The van der Waals surface area contributed by atoms with Gasteiger partial charge in [0.1, 0.15) is 0 Å². The molecule has 1 aliphatic rings. The van der Waals surface area contributed by atoms with Crippen LogP contribution in [0.15, 0.2) is 40.2 Å². The van der Waals surface area contributed by atoms with Crippen LogP contribution in [0.25, 0.3) is 10.7 Å². The van der Waals surface area contributed by atoms with Gasteiger partial charge in [0, 0.05) is 12.5 Å². The Balaban J connectivity index is 1.48. The third kappa shape index (κ3) is 4.14. The summed E-state index contributed by atoms with van der Waals surface area (Å²) in [6, 6.07) is 10.3. The third-order valence-corrected chi connectivity index (χ3v) is 5.35. The van der Waals surface area contributed by atoms with Crippen LogP contribution in [-0.4, -0.2) is 23.4 Å². The smallest absolute Gasteiger partial charge is 0.240 e. The Labute approximate surface area is 162 Å². The number of rotatable bonds is 6. The van der Waals surface area contributed by atoms with E-state index in [1.54, 1.807) is 11.3 Å². The Kier molecular flexibility index (Phi) is 5.40. The van der Waals surface area contributed by atoms with Gasteiger partial charge < -0.3 is 19.3 Å². The van der Waals surface area contributed by atoms with Gasteiger partial charge in [-0.1, -0.05) is 31.1 Å². The van der Waals surface area contributed by atoms with Crippen LogP contribution in [0.4, 0.5) is 0 Å². The second-order valence-corrected chi connectivity index (χ2v) is 7.80. The Bertz CT molecular complexity index is 876. The van der Waals surface area contributed by atoms with Crippen molar-refractivity contribution in [1.82, 2.24) is 15.5 Å². The fourth-order valence-corrected chi connectivity index (χ4v) is 3.79.